The zero-order valence-corrected chi connectivity index (χ0v) is 12.8. The van der Waals surface area contributed by atoms with E-state index in [1.165, 1.54) is 24.3 Å². The van der Waals surface area contributed by atoms with Crippen LogP contribution in [-0.2, 0) is 10.0 Å². The molecule has 3 N–H and O–H groups in total. The molecular weight excluding hydrogens is 348 g/mol. The Hall–Kier alpha value is -1.64. The highest BCUT2D eigenvalue weighted by molar-refractivity contribution is 9.10. The number of sulfonamides is 1. The van der Waals surface area contributed by atoms with Crippen LogP contribution < -0.4 is 10.5 Å². The average Bonchev–Trinajstić information content (AvgIpc) is 2.77. The van der Waals surface area contributed by atoms with Crippen LogP contribution >= 0.6 is 15.9 Å². The van der Waals surface area contributed by atoms with Crippen molar-refractivity contribution in [1.82, 2.24) is 0 Å². The molecule has 6 nitrogen and oxygen atoms in total. The van der Waals surface area contributed by atoms with Gasteiger partial charge in [-0.15, -0.1) is 0 Å². The number of hydrogen-bond donors (Lipinski definition) is 2. The lowest BCUT2D eigenvalue weighted by Crippen LogP contribution is -2.14. The number of rotatable bonds is 3. The summed E-state index contributed by atoms with van der Waals surface area (Å²) in [6.07, 6.45) is 0. The topological polar surface area (TPSA) is 102 Å². The van der Waals surface area contributed by atoms with Crippen molar-refractivity contribution in [2.45, 2.75) is 11.8 Å². The zero-order chi connectivity index (χ0) is 14.9. The van der Waals surface area contributed by atoms with Gasteiger partial charge in [-0.1, -0.05) is 0 Å². The smallest absolute Gasteiger partial charge is 0.291 e. The van der Waals surface area contributed by atoms with Gasteiger partial charge in [-0.2, -0.15) is 0 Å². The molecule has 2 aromatic rings. The summed E-state index contributed by atoms with van der Waals surface area (Å²) in [4.78, 5) is 11.9. The molecule has 0 fully saturated rings. The first-order chi connectivity index (χ1) is 9.27. The molecule has 2 rings (SSSR count). The van der Waals surface area contributed by atoms with Crippen molar-refractivity contribution < 1.29 is 17.6 Å². The Balaban J connectivity index is 2.25. The van der Waals surface area contributed by atoms with Gasteiger partial charge in [0.05, 0.1) is 4.90 Å². The van der Waals surface area contributed by atoms with Gasteiger partial charge in [0.25, 0.3) is 5.91 Å². The Kier molecular flexibility index (Phi) is 3.98. The summed E-state index contributed by atoms with van der Waals surface area (Å²) < 4.78 is 28.0. The first kappa shape index (κ1) is 14.8. The van der Waals surface area contributed by atoms with E-state index in [2.05, 4.69) is 21.2 Å². The van der Waals surface area contributed by atoms with E-state index in [4.69, 9.17) is 9.56 Å². The van der Waals surface area contributed by atoms with E-state index in [1.54, 1.807) is 13.0 Å². The largest absolute Gasteiger partial charge is 0.444 e. The number of benzene rings is 1. The molecular formula is C12H11BrN2O4S. The molecule has 0 spiro atoms. The molecule has 0 radical (unpaired) electrons. The molecule has 0 aliphatic heterocycles. The maximum absolute atomic E-state index is 11.9. The number of carbonyl (C=O) groups is 1. The highest BCUT2D eigenvalue weighted by Gasteiger charge is 2.14. The third kappa shape index (κ3) is 3.27. The third-order valence-corrected chi connectivity index (χ3v) is 3.91. The monoisotopic (exact) mass is 358 g/mol. The van der Waals surface area contributed by atoms with Crippen molar-refractivity contribution in [1.29, 1.82) is 0 Å². The summed E-state index contributed by atoms with van der Waals surface area (Å²) in [5.41, 5.74) is 1.06. The van der Waals surface area contributed by atoms with Crippen molar-refractivity contribution in [3.05, 3.63) is 46.3 Å². The number of nitrogens with one attached hydrogen (secondary N) is 1. The number of anilines is 1. The molecule has 0 aliphatic carbocycles. The minimum absolute atomic E-state index is 0.00579. The molecule has 1 aromatic carbocycles. The van der Waals surface area contributed by atoms with Gasteiger partial charge in [0.15, 0.2) is 10.4 Å². The Morgan fingerprint density at radius 2 is 2.00 bits per heavy atom. The predicted octanol–water partition coefficient (Wildman–Crippen LogP) is 2.25. The van der Waals surface area contributed by atoms with Gasteiger partial charge >= 0.3 is 0 Å². The minimum Gasteiger partial charge on any atom is -0.444 e. The average molecular weight is 359 g/mol. The highest BCUT2D eigenvalue weighted by Crippen LogP contribution is 2.21. The van der Waals surface area contributed by atoms with Crippen molar-refractivity contribution in [2.75, 3.05) is 5.32 Å². The number of carbonyl (C=O) groups excluding carboxylic acids is 1. The van der Waals surface area contributed by atoms with E-state index in [1.807, 2.05) is 0 Å². The molecule has 20 heavy (non-hydrogen) atoms. The summed E-state index contributed by atoms with van der Waals surface area (Å²) in [7, 11) is -3.76. The van der Waals surface area contributed by atoms with Crippen molar-refractivity contribution in [2.24, 2.45) is 5.14 Å². The fraction of sp³-hybridized carbons (Fsp3) is 0.0833. The molecule has 106 valence electrons. The Morgan fingerprint density at radius 1 is 1.30 bits per heavy atom. The highest BCUT2D eigenvalue weighted by atomic mass is 79.9. The molecule has 0 unspecified atom stereocenters. The Bertz CT molecular complexity index is 768. The number of primary sulfonamides is 1. The van der Waals surface area contributed by atoms with Crippen molar-refractivity contribution >= 4 is 37.5 Å². The molecule has 0 saturated heterocycles. The molecule has 0 atom stereocenters. The van der Waals surface area contributed by atoms with Crippen LogP contribution in [0.15, 0.2) is 44.3 Å². The van der Waals surface area contributed by atoms with Gasteiger partial charge < -0.3 is 9.73 Å². The summed E-state index contributed by atoms with van der Waals surface area (Å²) in [6.45, 7) is 1.67. The lowest BCUT2D eigenvalue weighted by Gasteiger charge is -2.08. The van der Waals surface area contributed by atoms with Crippen LogP contribution in [0, 0.1) is 6.92 Å². The van der Waals surface area contributed by atoms with E-state index in [0.717, 1.165) is 0 Å². The predicted molar refractivity (Wildman–Crippen MR) is 76.9 cm³/mol. The van der Waals surface area contributed by atoms with E-state index in [9.17, 15) is 13.2 Å². The van der Waals surface area contributed by atoms with Crippen molar-refractivity contribution in [3.63, 3.8) is 0 Å². The lowest BCUT2D eigenvalue weighted by molar-refractivity contribution is 0.0995. The molecule has 0 aliphatic rings. The molecule has 1 aromatic heterocycles. The molecule has 1 amide bonds. The second-order valence-corrected chi connectivity index (χ2v) is 6.42. The fourth-order valence-corrected chi connectivity index (χ4v) is 2.48. The summed E-state index contributed by atoms with van der Waals surface area (Å²) in [5.74, 6) is -0.283. The SMILES string of the molecule is Cc1cc(S(N)(=O)=O)ccc1NC(=O)c1ccc(Br)o1. The maximum Gasteiger partial charge on any atom is 0.291 e. The standard InChI is InChI=1S/C12H11BrN2O4S/c1-7-6-8(20(14,17)18)2-3-9(7)15-12(16)10-4-5-11(13)19-10/h2-6H,1H3,(H,15,16)(H2,14,17,18). The Morgan fingerprint density at radius 3 is 2.50 bits per heavy atom. The summed E-state index contributed by atoms with van der Waals surface area (Å²) in [6, 6.07) is 7.32. The van der Waals surface area contributed by atoms with E-state index < -0.39 is 15.9 Å². The van der Waals surface area contributed by atoms with Gasteiger partial charge in [0, 0.05) is 5.69 Å². The van der Waals surface area contributed by atoms with Gasteiger partial charge in [-0.25, -0.2) is 13.6 Å². The third-order valence-electron chi connectivity index (χ3n) is 2.57. The van der Waals surface area contributed by atoms with Gasteiger partial charge in [-0.05, 0) is 58.7 Å². The number of hydrogen-bond acceptors (Lipinski definition) is 4. The zero-order valence-electron chi connectivity index (χ0n) is 10.4. The molecule has 0 bridgehead atoms. The number of aryl methyl sites for hydroxylation is 1. The molecule has 8 heteroatoms. The van der Waals surface area contributed by atoms with Crippen LogP contribution in [0.2, 0.25) is 0 Å². The van der Waals surface area contributed by atoms with Gasteiger partial charge in [-0.3, -0.25) is 4.79 Å². The van der Waals surface area contributed by atoms with Crippen LogP contribution in [0.3, 0.4) is 0 Å². The number of furan rings is 1. The minimum atomic E-state index is -3.76. The molecule has 1 heterocycles. The number of halogens is 1. The quantitative estimate of drug-likeness (QED) is 0.877. The number of nitrogens with two attached hydrogens (primary N) is 1. The fourth-order valence-electron chi connectivity index (χ4n) is 1.57. The van der Waals surface area contributed by atoms with Crippen molar-refractivity contribution in [3.8, 4) is 0 Å². The van der Waals surface area contributed by atoms with E-state index >= 15 is 0 Å². The number of amides is 1. The first-order valence-corrected chi connectivity index (χ1v) is 7.81. The summed E-state index contributed by atoms with van der Waals surface area (Å²) >= 11 is 3.10. The van der Waals surface area contributed by atoms with E-state index in [-0.39, 0.29) is 10.7 Å². The first-order valence-electron chi connectivity index (χ1n) is 5.47. The van der Waals surface area contributed by atoms with E-state index in [0.29, 0.717) is 15.9 Å². The summed E-state index contributed by atoms with van der Waals surface area (Å²) in [5, 5.41) is 7.66. The second kappa shape index (κ2) is 5.39. The van der Waals surface area contributed by atoms with Crippen LogP contribution in [0.1, 0.15) is 16.1 Å². The van der Waals surface area contributed by atoms with Crippen LogP contribution in [-0.4, -0.2) is 14.3 Å². The van der Waals surface area contributed by atoms with Crippen LogP contribution in [0.4, 0.5) is 5.69 Å². The van der Waals surface area contributed by atoms with Crippen LogP contribution in [0.25, 0.3) is 0 Å². The van der Waals surface area contributed by atoms with Crippen LogP contribution in [0.5, 0.6) is 0 Å². The normalized spacial score (nSPS) is 11.3. The molecule has 0 saturated carbocycles. The Labute approximate surface area is 124 Å². The van der Waals surface area contributed by atoms with Gasteiger partial charge in [0.1, 0.15) is 0 Å². The maximum atomic E-state index is 11.9. The lowest BCUT2D eigenvalue weighted by atomic mass is 10.2. The van der Waals surface area contributed by atoms with Gasteiger partial charge in [0.2, 0.25) is 10.0 Å². The second-order valence-electron chi connectivity index (χ2n) is 4.08.